The van der Waals surface area contributed by atoms with Gasteiger partial charge in [-0.2, -0.15) is 0 Å². The number of ether oxygens (including phenoxy) is 1. The Morgan fingerprint density at radius 1 is 1.19 bits per heavy atom. The molecule has 8 nitrogen and oxygen atoms in total. The summed E-state index contributed by atoms with van der Waals surface area (Å²) in [6, 6.07) is 0.527. The van der Waals surface area contributed by atoms with Crippen molar-refractivity contribution < 1.29 is 4.74 Å². The lowest BCUT2D eigenvalue weighted by Gasteiger charge is -2.28. The van der Waals surface area contributed by atoms with Crippen LogP contribution < -0.4 is 10.6 Å². The molecule has 1 aromatic heterocycles. The van der Waals surface area contributed by atoms with Crippen LogP contribution in [0.4, 0.5) is 0 Å². The second kappa shape index (κ2) is 9.87. The number of rotatable bonds is 6. The Bertz CT molecular complexity index is 574. The molecule has 0 spiro atoms. The molecule has 0 aromatic carbocycles. The monoisotopic (exact) mass is 363 g/mol. The molecule has 0 unspecified atom stereocenters. The van der Waals surface area contributed by atoms with Gasteiger partial charge in [-0.25, -0.2) is 4.99 Å². The second-order valence-electron chi connectivity index (χ2n) is 7.25. The molecule has 0 atom stereocenters. The van der Waals surface area contributed by atoms with E-state index in [1.807, 2.05) is 18.5 Å². The van der Waals surface area contributed by atoms with Crippen LogP contribution in [0.1, 0.15) is 43.8 Å². The highest BCUT2D eigenvalue weighted by Crippen LogP contribution is 2.17. The Morgan fingerprint density at radius 3 is 2.65 bits per heavy atom. The molecule has 1 aliphatic carbocycles. The predicted octanol–water partition coefficient (Wildman–Crippen LogP) is 0.824. The van der Waals surface area contributed by atoms with Crippen LogP contribution in [0, 0.1) is 6.92 Å². The molecule has 0 amide bonds. The van der Waals surface area contributed by atoms with Crippen molar-refractivity contribution in [3.63, 3.8) is 0 Å². The molecule has 146 valence electrons. The summed E-state index contributed by atoms with van der Waals surface area (Å²) in [6.07, 6.45) is 6.43. The summed E-state index contributed by atoms with van der Waals surface area (Å²) >= 11 is 0. The van der Waals surface area contributed by atoms with Gasteiger partial charge in [-0.3, -0.25) is 4.90 Å². The molecule has 8 heteroatoms. The first-order valence-corrected chi connectivity index (χ1v) is 9.92. The van der Waals surface area contributed by atoms with Gasteiger partial charge in [0.2, 0.25) is 0 Å². The van der Waals surface area contributed by atoms with Crippen molar-refractivity contribution in [1.29, 1.82) is 0 Å². The standard InChI is InChI=1S/C18H33N7O/c1-15-22-23-17(24(15)2)14-20-18(21-16-6-4-3-5-7-16)19-8-9-25-10-12-26-13-11-25/h16H,3-14H2,1-2H3,(H2,19,20,21). The van der Waals surface area contributed by atoms with Crippen LogP contribution in [0.2, 0.25) is 0 Å². The van der Waals surface area contributed by atoms with E-state index in [2.05, 4.69) is 25.7 Å². The Hall–Kier alpha value is -1.67. The number of hydrogen-bond acceptors (Lipinski definition) is 5. The lowest BCUT2D eigenvalue weighted by atomic mass is 9.96. The zero-order valence-electron chi connectivity index (χ0n) is 16.2. The van der Waals surface area contributed by atoms with Crippen LogP contribution in [0.5, 0.6) is 0 Å². The minimum atomic E-state index is 0.527. The Morgan fingerprint density at radius 2 is 1.96 bits per heavy atom. The number of aromatic nitrogens is 3. The van der Waals surface area contributed by atoms with Crippen LogP contribution in [-0.2, 0) is 18.3 Å². The molecule has 0 bridgehead atoms. The highest BCUT2D eigenvalue weighted by atomic mass is 16.5. The minimum absolute atomic E-state index is 0.527. The summed E-state index contributed by atoms with van der Waals surface area (Å²) < 4.78 is 7.41. The third-order valence-corrected chi connectivity index (χ3v) is 5.33. The summed E-state index contributed by atoms with van der Waals surface area (Å²) in [4.78, 5) is 7.20. The fourth-order valence-corrected chi connectivity index (χ4v) is 3.49. The van der Waals surface area contributed by atoms with Crippen molar-refractivity contribution in [2.24, 2.45) is 12.0 Å². The summed E-state index contributed by atoms with van der Waals surface area (Å²) in [5.41, 5.74) is 0. The molecular weight excluding hydrogens is 330 g/mol. The topological polar surface area (TPSA) is 79.6 Å². The third-order valence-electron chi connectivity index (χ3n) is 5.33. The molecule has 3 rings (SSSR count). The van der Waals surface area contributed by atoms with Gasteiger partial charge in [-0.05, 0) is 19.8 Å². The molecule has 26 heavy (non-hydrogen) atoms. The van der Waals surface area contributed by atoms with Gasteiger partial charge >= 0.3 is 0 Å². The summed E-state index contributed by atoms with van der Waals surface area (Å²) in [5, 5.41) is 15.5. The maximum absolute atomic E-state index is 5.42. The first-order valence-electron chi connectivity index (χ1n) is 9.92. The van der Waals surface area contributed by atoms with Crippen molar-refractivity contribution >= 4 is 5.96 Å². The van der Waals surface area contributed by atoms with E-state index >= 15 is 0 Å². The Balaban J connectivity index is 1.54. The molecule has 2 fully saturated rings. The van der Waals surface area contributed by atoms with E-state index in [-0.39, 0.29) is 0 Å². The lowest BCUT2D eigenvalue weighted by molar-refractivity contribution is 0.0389. The van der Waals surface area contributed by atoms with E-state index in [0.717, 1.165) is 57.0 Å². The van der Waals surface area contributed by atoms with E-state index < -0.39 is 0 Å². The van der Waals surface area contributed by atoms with E-state index in [1.165, 1.54) is 32.1 Å². The average Bonchev–Trinajstić information content (AvgIpc) is 2.99. The van der Waals surface area contributed by atoms with Gasteiger partial charge in [0.1, 0.15) is 12.4 Å². The second-order valence-corrected chi connectivity index (χ2v) is 7.25. The first-order chi connectivity index (χ1) is 12.7. The fraction of sp³-hybridized carbons (Fsp3) is 0.833. The maximum Gasteiger partial charge on any atom is 0.191 e. The SMILES string of the molecule is Cc1nnc(CN=C(NCCN2CCOCC2)NC2CCCCC2)n1C. The fourth-order valence-electron chi connectivity index (χ4n) is 3.49. The quantitative estimate of drug-likeness (QED) is 0.576. The van der Waals surface area contributed by atoms with Crippen molar-refractivity contribution in [3.05, 3.63) is 11.6 Å². The molecular formula is C18H33N7O. The number of aliphatic imine (C=N–C) groups is 1. The van der Waals surface area contributed by atoms with Crippen LogP contribution in [0.3, 0.4) is 0 Å². The lowest BCUT2D eigenvalue weighted by Crippen LogP contribution is -2.47. The molecule has 1 saturated carbocycles. The molecule has 1 saturated heterocycles. The highest BCUT2D eigenvalue weighted by Gasteiger charge is 2.16. The third kappa shape index (κ3) is 5.67. The van der Waals surface area contributed by atoms with E-state index in [1.54, 1.807) is 0 Å². The molecule has 2 aliphatic rings. The van der Waals surface area contributed by atoms with Crippen molar-refractivity contribution in [3.8, 4) is 0 Å². The van der Waals surface area contributed by atoms with Gasteiger partial charge in [0.25, 0.3) is 0 Å². The van der Waals surface area contributed by atoms with Gasteiger partial charge in [0.15, 0.2) is 11.8 Å². The van der Waals surface area contributed by atoms with E-state index in [0.29, 0.717) is 12.6 Å². The van der Waals surface area contributed by atoms with Crippen LogP contribution in [-0.4, -0.2) is 71.1 Å². The summed E-state index contributed by atoms with van der Waals surface area (Å²) in [6.45, 7) is 8.11. The maximum atomic E-state index is 5.42. The molecule has 0 radical (unpaired) electrons. The average molecular weight is 364 g/mol. The van der Waals surface area contributed by atoms with Gasteiger partial charge in [-0.1, -0.05) is 19.3 Å². The molecule has 1 aliphatic heterocycles. The summed E-state index contributed by atoms with van der Waals surface area (Å²) in [5.74, 6) is 2.70. The van der Waals surface area contributed by atoms with Crippen LogP contribution in [0.15, 0.2) is 4.99 Å². The Labute approximate surface area is 156 Å². The molecule has 2 heterocycles. The summed E-state index contributed by atoms with van der Waals surface area (Å²) in [7, 11) is 1.99. The smallest absolute Gasteiger partial charge is 0.191 e. The largest absolute Gasteiger partial charge is 0.379 e. The number of nitrogens with one attached hydrogen (secondary N) is 2. The number of nitrogens with zero attached hydrogens (tertiary/aromatic N) is 5. The van der Waals surface area contributed by atoms with Gasteiger partial charge in [0, 0.05) is 39.3 Å². The number of guanidine groups is 1. The minimum Gasteiger partial charge on any atom is -0.379 e. The van der Waals surface area contributed by atoms with Crippen LogP contribution >= 0.6 is 0 Å². The van der Waals surface area contributed by atoms with Gasteiger partial charge in [-0.15, -0.1) is 10.2 Å². The predicted molar refractivity (Wildman–Crippen MR) is 102 cm³/mol. The zero-order valence-corrected chi connectivity index (χ0v) is 16.2. The van der Waals surface area contributed by atoms with Crippen molar-refractivity contribution in [1.82, 2.24) is 30.3 Å². The van der Waals surface area contributed by atoms with Crippen LogP contribution in [0.25, 0.3) is 0 Å². The number of aryl methyl sites for hydroxylation is 1. The number of morpholine rings is 1. The molecule has 1 aromatic rings. The van der Waals surface area contributed by atoms with Crippen molar-refractivity contribution in [2.75, 3.05) is 39.4 Å². The van der Waals surface area contributed by atoms with E-state index in [4.69, 9.17) is 9.73 Å². The Kier molecular flexibility index (Phi) is 7.25. The van der Waals surface area contributed by atoms with Gasteiger partial charge in [0.05, 0.1) is 13.2 Å². The number of hydrogen-bond donors (Lipinski definition) is 2. The van der Waals surface area contributed by atoms with E-state index in [9.17, 15) is 0 Å². The molecule has 2 N–H and O–H groups in total. The van der Waals surface area contributed by atoms with Gasteiger partial charge < -0.3 is 19.9 Å². The van der Waals surface area contributed by atoms with Crippen molar-refractivity contribution in [2.45, 2.75) is 51.6 Å². The zero-order chi connectivity index (χ0) is 18.2. The normalized spacial score (nSPS) is 20.3. The first kappa shape index (κ1) is 19.1. The highest BCUT2D eigenvalue weighted by molar-refractivity contribution is 5.80.